The molecule has 1 amide bonds. The van der Waals surface area contributed by atoms with Gasteiger partial charge in [-0.1, -0.05) is 6.07 Å². The Morgan fingerprint density at radius 3 is 2.55 bits per heavy atom. The van der Waals surface area contributed by atoms with Crippen LogP contribution in [0.15, 0.2) is 45.0 Å². The first-order valence-corrected chi connectivity index (χ1v) is 8.02. The molecule has 0 aliphatic carbocycles. The highest BCUT2D eigenvalue weighted by atomic mass is 79.9. The fraction of sp³-hybridized carbons (Fsp3) is 0.0625. The van der Waals surface area contributed by atoms with Gasteiger partial charge in [-0.2, -0.15) is 0 Å². The molecule has 2 aromatic rings. The molecule has 0 bridgehead atoms. The van der Waals surface area contributed by atoms with Gasteiger partial charge in [0.1, 0.15) is 5.75 Å². The first kappa shape index (κ1) is 15.1. The third-order valence-corrected chi connectivity index (χ3v) is 4.37. The van der Waals surface area contributed by atoms with Crippen LogP contribution in [-0.2, 0) is 4.79 Å². The number of nitrogens with one attached hydrogen (secondary N) is 1. The van der Waals surface area contributed by atoms with Crippen molar-refractivity contribution in [3.63, 3.8) is 0 Å². The molecular weight excluding hydrogens is 414 g/mol. The number of hydrogen-bond acceptors (Lipinski definition) is 3. The van der Waals surface area contributed by atoms with Crippen molar-refractivity contribution in [1.29, 1.82) is 0 Å². The summed E-state index contributed by atoms with van der Waals surface area (Å²) in [5, 5.41) is 12.5. The number of phenols is 1. The van der Waals surface area contributed by atoms with Crippen LogP contribution in [0.5, 0.6) is 11.5 Å². The van der Waals surface area contributed by atoms with E-state index in [0.29, 0.717) is 20.4 Å². The molecule has 1 aliphatic heterocycles. The van der Waals surface area contributed by atoms with Gasteiger partial charge in [-0.25, -0.2) is 0 Å². The Morgan fingerprint density at radius 2 is 1.86 bits per heavy atom. The Kier molecular flexibility index (Phi) is 3.97. The maximum Gasteiger partial charge on any atom is 0.291 e. The van der Waals surface area contributed by atoms with Crippen LogP contribution in [0.1, 0.15) is 11.1 Å². The van der Waals surface area contributed by atoms with E-state index in [0.717, 1.165) is 11.1 Å². The van der Waals surface area contributed by atoms with Crippen LogP contribution in [0.4, 0.5) is 5.69 Å². The largest absolute Gasteiger partial charge is 0.506 e. The molecule has 4 nitrogen and oxygen atoms in total. The lowest BCUT2D eigenvalue weighted by molar-refractivity contribution is -0.115. The molecule has 0 radical (unpaired) electrons. The minimum absolute atomic E-state index is 0.108. The summed E-state index contributed by atoms with van der Waals surface area (Å²) in [5.74, 6) is 0.601. The number of halogens is 2. The van der Waals surface area contributed by atoms with Crippen molar-refractivity contribution >= 4 is 49.5 Å². The molecule has 0 aromatic heterocycles. The van der Waals surface area contributed by atoms with E-state index in [1.54, 1.807) is 18.2 Å². The number of carbonyl (C=O) groups excluding carboxylic acids is 1. The highest BCUT2D eigenvalue weighted by Crippen LogP contribution is 2.35. The predicted molar refractivity (Wildman–Crippen MR) is 91.9 cm³/mol. The summed E-state index contributed by atoms with van der Waals surface area (Å²) in [6, 6.07) is 9.00. The maximum atomic E-state index is 12.1. The van der Waals surface area contributed by atoms with Crippen molar-refractivity contribution in [3.05, 3.63) is 56.2 Å². The molecule has 2 aromatic carbocycles. The number of phenolic OH excluding ortho intramolecular Hbond substituents is 1. The molecule has 0 spiro atoms. The van der Waals surface area contributed by atoms with E-state index in [9.17, 15) is 9.90 Å². The molecule has 1 heterocycles. The van der Waals surface area contributed by atoms with E-state index in [1.807, 2.05) is 25.1 Å². The van der Waals surface area contributed by atoms with Crippen molar-refractivity contribution in [2.24, 2.45) is 0 Å². The van der Waals surface area contributed by atoms with Crippen LogP contribution in [0.3, 0.4) is 0 Å². The highest BCUT2D eigenvalue weighted by Gasteiger charge is 2.22. The van der Waals surface area contributed by atoms with E-state index in [1.165, 1.54) is 0 Å². The van der Waals surface area contributed by atoms with Crippen molar-refractivity contribution in [2.45, 2.75) is 6.92 Å². The molecule has 22 heavy (non-hydrogen) atoms. The van der Waals surface area contributed by atoms with Crippen LogP contribution < -0.4 is 10.1 Å². The lowest BCUT2D eigenvalue weighted by atomic mass is 10.1. The van der Waals surface area contributed by atoms with Gasteiger partial charge in [0.2, 0.25) is 0 Å². The normalized spacial score (nSPS) is 15.2. The van der Waals surface area contributed by atoms with Crippen LogP contribution >= 0.6 is 31.9 Å². The highest BCUT2D eigenvalue weighted by molar-refractivity contribution is 9.11. The third-order valence-electron chi connectivity index (χ3n) is 3.16. The number of aryl methyl sites for hydroxylation is 1. The first-order valence-electron chi connectivity index (χ1n) is 6.43. The SMILES string of the molecule is Cc1ccc2c(c1)NC(=O)/C(=C/c1cc(Br)c(O)c(Br)c1)O2. The molecule has 0 saturated heterocycles. The second-order valence-corrected chi connectivity index (χ2v) is 6.61. The van der Waals surface area contributed by atoms with Gasteiger partial charge >= 0.3 is 0 Å². The Balaban J connectivity index is 1.99. The number of aromatic hydroxyl groups is 1. The molecule has 2 N–H and O–H groups in total. The predicted octanol–water partition coefficient (Wildman–Crippen LogP) is 4.60. The summed E-state index contributed by atoms with van der Waals surface area (Å²) in [5.41, 5.74) is 2.42. The zero-order valence-corrected chi connectivity index (χ0v) is 14.7. The number of ether oxygens (including phenoxy) is 1. The number of carbonyl (C=O) groups is 1. The third kappa shape index (κ3) is 2.89. The Labute approximate surface area is 144 Å². The van der Waals surface area contributed by atoms with Gasteiger partial charge in [-0.05, 0) is 80.3 Å². The Morgan fingerprint density at radius 1 is 1.18 bits per heavy atom. The van der Waals surface area contributed by atoms with Gasteiger partial charge in [0.25, 0.3) is 5.91 Å². The Bertz CT molecular complexity index is 792. The summed E-state index contributed by atoms with van der Waals surface area (Å²) in [6.07, 6.45) is 1.62. The van der Waals surface area contributed by atoms with Gasteiger partial charge < -0.3 is 15.2 Å². The minimum Gasteiger partial charge on any atom is -0.506 e. The summed E-state index contributed by atoms with van der Waals surface area (Å²) in [6.45, 7) is 1.95. The molecule has 112 valence electrons. The van der Waals surface area contributed by atoms with Crippen molar-refractivity contribution < 1.29 is 14.6 Å². The topological polar surface area (TPSA) is 58.6 Å². The molecule has 0 saturated carbocycles. The number of hydrogen-bond donors (Lipinski definition) is 2. The van der Waals surface area contributed by atoms with Gasteiger partial charge in [-0.3, -0.25) is 4.79 Å². The lowest BCUT2D eigenvalue weighted by Gasteiger charge is -2.20. The summed E-state index contributed by atoms with van der Waals surface area (Å²) >= 11 is 6.52. The van der Waals surface area contributed by atoms with Crippen LogP contribution in [-0.4, -0.2) is 11.0 Å². The van der Waals surface area contributed by atoms with Crippen LogP contribution in [0.25, 0.3) is 6.08 Å². The molecule has 0 fully saturated rings. The summed E-state index contributed by atoms with van der Waals surface area (Å²) in [7, 11) is 0. The number of benzene rings is 2. The fourth-order valence-corrected chi connectivity index (χ4v) is 3.32. The van der Waals surface area contributed by atoms with E-state index >= 15 is 0 Å². The van der Waals surface area contributed by atoms with E-state index in [2.05, 4.69) is 37.2 Å². The number of fused-ring (bicyclic) bond motifs is 1. The van der Waals surface area contributed by atoms with Gasteiger partial charge in [-0.15, -0.1) is 0 Å². The van der Waals surface area contributed by atoms with Gasteiger partial charge in [0, 0.05) is 0 Å². The van der Waals surface area contributed by atoms with Crippen molar-refractivity contribution in [1.82, 2.24) is 0 Å². The number of anilines is 1. The maximum absolute atomic E-state index is 12.1. The van der Waals surface area contributed by atoms with Crippen molar-refractivity contribution in [2.75, 3.05) is 5.32 Å². The molecule has 0 atom stereocenters. The van der Waals surface area contributed by atoms with E-state index in [4.69, 9.17) is 4.74 Å². The molecule has 6 heteroatoms. The summed E-state index contributed by atoms with van der Waals surface area (Å²) in [4.78, 5) is 12.1. The molecule has 0 unspecified atom stereocenters. The number of rotatable bonds is 1. The fourth-order valence-electron chi connectivity index (χ4n) is 2.09. The smallest absolute Gasteiger partial charge is 0.291 e. The van der Waals surface area contributed by atoms with Gasteiger partial charge in [0.15, 0.2) is 11.5 Å². The molecule has 3 rings (SSSR count). The second kappa shape index (κ2) is 5.78. The zero-order chi connectivity index (χ0) is 15.9. The average molecular weight is 425 g/mol. The van der Waals surface area contributed by atoms with Crippen molar-refractivity contribution in [3.8, 4) is 11.5 Å². The van der Waals surface area contributed by atoms with Crippen LogP contribution in [0.2, 0.25) is 0 Å². The Hall–Kier alpha value is -1.79. The minimum atomic E-state index is -0.307. The monoisotopic (exact) mass is 423 g/mol. The average Bonchev–Trinajstić information content (AvgIpc) is 2.45. The van der Waals surface area contributed by atoms with E-state index < -0.39 is 0 Å². The lowest BCUT2D eigenvalue weighted by Crippen LogP contribution is -2.23. The standard InChI is InChI=1S/C16H11Br2NO3/c1-8-2-3-13-12(4-8)19-16(21)14(22-13)7-9-5-10(17)15(20)11(18)6-9/h2-7,20H,1H3,(H,19,21)/b14-7-. The quantitative estimate of drug-likeness (QED) is 0.657. The number of amides is 1. The molecular formula is C16H11Br2NO3. The molecule has 1 aliphatic rings. The van der Waals surface area contributed by atoms with Gasteiger partial charge in [0.05, 0.1) is 14.6 Å². The first-order chi connectivity index (χ1) is 10.4. The summed E-state index contributed by atoms with van der Waals surface area (Å²) < 4.78 is 6.73. The second-order valence-electron chi connectivity index (χ2n) is 4.90. The van der Waals surface area contributed by atoms with Crippen LogP contribution in [0, 0.1) is 6.92 Å². The van der Waals surface area contributed by atoms with E-state index in [-0.39, 0.29) is 17.4 Å². The zero-order valence-electron chi connectivity index (χ0n) is 11.5.